The number of anilines is 1. The summed E-state index contributed by atoms with van der Waals surface area (Å²) < 4.78 is 6.11. The van der Waals surface area contributed by atoms with Crippen molar-refractivity contribution in [3.05, 3.63) is 38.9 Å². The number of ether oxygens (including phenoxy) is 1. The van der Waals surface area contributed by atoms with Gasteiger partial charge in [-0.05, 0) is 31.7 Å². The Hall–Kier alpha value is -2.48. The van der Waals surface area contributed by atoms with E-state index in [2.05, 4.69) is 15.3 Å². The van der Waals surface area contributed by atoms with Gasteiger partial charge in [-0.3, -0.25) is 14.9 Å². The quantitative estimate of drug-likeness (QED) is 0.644. The number of nitrogens with one attached hydrogen (secondary N) is 2. The number of nitro groups is 1. The molecule has 2 N–H and O–H groups in total. The molecule has 1 saturated carbocycles. The van der Waals surface area contributed by atoms with Gasteiger partial charge in [-0.1, -0.05) is 19.3 Å². The number of rotatable bonds is 3. The van der Waals surface area contributed by atoms with E-state index in [9.17, 15) is 14.9 Å². The third kappa shape index (κ3) is 3.16. The van der Waals surface area contributed by atoms with E-state index in [1.54, 1.807) is 6.07 Å². The second-order valence-electron chi connectivity index (χ2n) is 7.30. The van der Waals surface area contributed by atoms with Crippen LogP contribution in [-0.4, -0.2) is 33.1 Å². The minimum atomic E-state index is -0.454. The molecule has 0 radical (unpaired) electrons. The molecule has 1 atom stereocenters. The first-order valence-corrected chi connectivity index (χ1v) is 9.13. The summed E-state index contributed by atoms with van der Waals surface area (Å²) in [7, 11) is 0. The molecule has 0 amide bonds. The van der Waals surface area contributed by atoms with Crippen molar-refractivity contribution in [3.63, 3.8) is 0 Å². The summed E-state index contributed by atoms with van der Waals surface area (Å²) >= 11 is 0. The summed E-state index contributed by atoms with van der Waals surface area (Å²) in [6.45, 7) is 0.664. The topological polar surface area (TPSA) is 110 Å². The molecule has 1 spiro atoms. The number of benzene rings is 1. The standard InChI is InChI=1S/C18H22N4O4/c23-17-13-8-16(22(24)25)15(9-14(13)19-11-20-17)21-12-4-7-26-18(10-12)5-2-1-3-6-18/h8-9,11-12,21H,1-7,10H2,(H,19,20,23). The molecule has 8 nitrogen and oxygen atoms in total. The summed E-state index contributed by atoms with van der Waals surface area (Å²) in [4.78, 5) is 29.6. The van der Waals surface area contributed by atoms with Crippen molar-refractivity contribution < 1.29 is 9.66 Å². The molecule has 8 heteroatoms. The first kappa shape index (κ1) is 17.0. The minimum Gasteiger partial charge on any atom is -0.376 e. The van der Waals surface area contributed by atoms with Crippen LogP contribution in [0.3, 0.4) is 0 Å². The molecule has 4 rings (SSSR count). The molecule has 2 fully saturated rings. The number of H-pyrrole nitrogens is 1. The summed E-state index contributed by atoms with van der Waals surface area (Å²) in [6.07, 6.45) is 8.69. The number of aromatic nitrogens is 2. The fourth-order valence-electron chi connectivity index (χ4n) is 4.29. The Bertz CT molecular complexity index is 883. The molecule has 2 heterocycles. The van der Waals surface area contributed by atoms with E-state index in [0.717, 1.165) is 25.7 Å². The summed E-state index contributed by atoms with van der Waals surface area (Å²) in [6, 6.07) is 3.02. The number of hydrogen-bond acceptors (Lipinski definition) is 6. The zero-order valence-electron chi connectivity index (χ0n) is 14.5. The van der Waals surface area contributed by atoms with Crippen molar-refractivity contribution >= 4 is 22.3 Å². The fraction of sp³-hybridized carbons (Fsp3) is 0.556. The van der Waals surface area contributed by atoms with Crippen LogP contribution < -0.4 is 10.9 Å². The SMILES string of the molecule is O=c1[nH]cnc2cc(NC3CCOC4(CCCCC4)C3)c([N+](=O)[O-])cc12. The van der Waals surface area contributed by atoms with E-state index in [-0.39, 0.29) is 28.3 Å². The third-order valence-corrected chi connectivity index (χ3v) is 5.57. The third-order valence-electron chi connectivity index (χ3n) is 5.57. The van der Waals surface area contributed by atoms with Crippen LogP contribution in [0.1, 0.15) is 44.9 Å². The van der Waals surface area contributed by atoms with Gasteiger partial charge in [0, 0.05) is 18.7 Å². The highest BCUT2D eigenvalue weighted by Crippen LogP contribution is 2.40. The van der Waals surface area contributed by atoms with Crippen molar-refractivity contribution in [1.29, 1.82) is 0 Å². The molecule has 2 aromatic rings. The van der Waals surface area contributed by atoms with Gasteiger partial charge in [0.25, 0.3) is 11.2 Å². The zero-order chi connectivity index (χ0) is 18.1. The van der Waals surface area contributed by atoms with Gasteiger partial charge in [0.2, 0.25) is 0 Å². The van der Waals surface area contributed by atoms with Gasteiger partial charge in [0.1, 0.15) is 5.69 Å². The van der Waals surface area contributed by atoms with Crippen LogP contribution in [0.2, 0.25) is 0 Å². The molecule has 1 aliphatic heterocycles. The molecule has 0 bridgehead atoms. The van der Waals surface area contributed by atoms with E-state index in [4.69, 9.17) is 4.74 Å². The maximum Gasteiger partial charge on any atom is 0.293 e. The summed E-state index contributed by atoms with van der Waals surface area (Å²) in [5.41, 5.74) is 0.298. The highest BCUT2D eigenvalue weighted by atomic mass is 16.6. The van der Waals surface area contributed by atoms with Gasteiger partial charge in [-0.15, -0.1) is 0 Å². The predicted molar refractivity (Wildman–Crippen MR) is 97.4 cm³/mol. The summed E-state index contributed by atoms with van der Waals surface area (Å²) in [5.74, 6) is 0. The summed E-state index contributed by atoms with van der Waals surface area (Å²) in [5, 5.41) is 15.1. The zero-order valence-corrected chi connectivity index (χ0v) is 14.5. The van der Waals surface area contributed by atoms with Gasteiger partial charge in [0.05, 0.1) is 27.8 Å². The Kier molecular flexibility index (Phi) is 4.36. The Morgan fingerprint density at radius 3 is 2.88 bits per heavy atom. The lowest BCUT2D eigenvalue weighted by Crippen LogP contribution is -2.45. The Morgan fingerprint density at radius 2 is 2.12 bits per heavy atom. The maximum atomic E-state index is 11.9. The number of hydrogen-bond donors (Lipinski definition) is 2. The van der Waals surface area contributed by atoms with Gasteiger partial charge >= 0.3 is 0 Å². The van der Waals surface area contributed by atoms with E-state index >= 15 is 0 Å². The number of fused-ring (bicyclic) bond motifs is 1. The molecular formula is C18H22N4O4. The van der Waals surface area contributed by atoms with Crippen LogP contribution in [0.5, 0.6) is 0 Å². The van der Waals surface area contributed by atoms with Crippen molar-refractivity contribution in [2.75, 3.05) is 11.9 Å². The molecule has 138 valence electrons. The van der Waals surface area contributed by atoms with Gasteiger partial charge in [-0.25, -0.2) is 4.98 Å². The normalized spacial score (nSPS) is 22.4. The highest BCUT2D eigenvalue weighted by Gasteiger charge is 2.38. The van der Waals surface area contributed by atoms with Gasteiger partial charge in [-0.2, -0.15) is 0 Å². The lowest BCUT2D eigenvalue weighted by Gasteiger charge is -2.43. The maximum absolute atomic E-state index is 11.9. The van der Waals surface area contributed by atoms with E-state index < -0.39 is 4.92 Å². The largest absolute Gasteiger partial charge is 0.376 e. The molecule has 26 heavy (non-hydrogen) atoms. The highest BCUT2D eigenvalue weighted by molar-refractivity contribution is 5.86. The average Bonchev–Trinajstić information content (AvgIpc) is 2.62. The lowest BCUT2D eigenvalue weighted by atomic mass is 9.78. The van der Waals surface area contributed by atoms with E-state index in [1.807, 2.05) is 0 Å². The molecule has 1 aromatic carbocycles. The Labute approximate surface area is 150 Å². The molecule has 1 unspecified atom stereocenters. The van der Waals surface area contributed by atoms with Crippen molar-refractivity contribution in [2.24, 2.45) is 0 Å². The lowest BCUT2D eigenvalue weighted by molar-refractivity contribution is -0.383. The minimum absolute atomic E-state index is 0.0881. The van der Waals surface area contributed by atoms with Crippen molar-refractivity contribution in [3.8, 4) is 0 Å². The molecular weight excluding hydrogens is 336 g/mol. The molecule has 2 aliphatic rings. The second kappa shape index (κ2) is 6.68. The second-order valence-corrected chi connectivity index (χ2v) is 7.30. The average molecular weight is 358 g/mol. The van der Waals surface area contributed by atoms with E-state index in [1.165, 1.54) is 31.7 Å². The first-order valence-electron chi connectivity index (χ1n) is 9.13. The number of nitrogens with zero attached hydrogens (tertiary/aromatic N) is 2. The van der Waals surface area contributed by atoms with Crippen molar-refractivity contribution in [1.82, 2.24) is 9.97 Å². The molecule has 1 aromatic heterocycles. The predicted octanol–water partition coefficient (Wildman–Crippen LogP) is 3.13. The molecule has 1 aliphatic carbocycles. The Balaban J connectivity index is 1.64. The van der Waals surface area contributed by atoms with Crippen molar-refractivity contribution in [2.45, 2.75) is 56.6 Å². The van der Waals surface area contributed by atoms with Crippen LogP contribution in [0.4, 0.5) is 11.4 Å². The van der Waals surface area contributed by atoms with Crippen LogP contribution in [-0.2, 0) is 4.74 Å². The van der Waals surface area contributed by atoms with Crippen LogP contribution in [0.25, 0.3) is 10.9 Å². The van der Waals surface area contributed by atoms with Gasteiger partial charge in [0.15, 0.2) is 0 Å². The smallest absolute Gasteiger partial charge is 0.293 e. The first-order chi connectivity index (χ1) is 12.6. The number of nitro benzene ring substituents is 1. The van der Waals surface area contributed by atoms with Crippen LogP contribution in [0.15, 0.2) is 23.3 Å². The van der Waals surface area contributed by atoms with Gasteiger partial charge < -0.3 is 15.0 Å². The molecule has 1 saturated heterocycles. The monoisotopic (exact) mass is 358 g/mol. The Morgan fingerprint density at radius 1 is 1.31 bits per heavy atom. The number of aromatic amines is 1. The van der Waals surface area contributed by atoms with E-state index in [0.29, 0.717) is 17.8 Å². The van der Waals surface area contributed by atoms with Crippen LogP contribution in [0, 0.1) is 10.1 Å². The fourth-order valence-corrected chi connectivity index (χ4v) is 4.29. The van der Waals surface area contributed by atoms with Crippen LogP contribution >= 0.6 is 0 Å².